The van der Waals surface area contributed by atoms with E-state index in [0.717, 1.165) is 31.9 Å². The van der Waals surface area contributed by atoms with Crippen molar-refractivity contribution in [3.05, 3.63) is 58.6 Å². The number of nitrogens with zero attached hydrogens (tertiary/aromatic N) is 4. The first kappa shape index (κ1) is 22.5. The summed E-state index contributed by atoms with van der Waals surface area (Å²) in [4.78, 5) is 12.7. The van der Waals surface area contributed by atoms with E-state index in [1.165, 1.54) is 37.9 Å². The summed E-state index contributed by atoms with van der Waals surface area (Å²) >= 11 is 0. The average molecular weight is 399 g/mol. The zero-order valence-electron chi connectivity index (χ0n) is 17.3. The van der Waals surface area contributed by atoms with Crippen LogP contribution >= 0.6 is 0 Å². The molecule has 156 valence electrons. The fraction of sp³-hybridized carbons (Fsp3) is 0.455. The third-order valence-electron chi connectivity index (χ3n) is 4.71. The highest BCUT2D eigenvalue weighted by Crippen LogP contribution is 2.23. The Balaban J connectivity index is 1.67. The van der Waals surface area contributed by atoms with Crippen molar-refractivity contribution in [2.24, 2.45) is 10.2 Å². The van der Waals surface area contributed by atoms with Crippen LogP contribution in [-0.4, -0.2) is 36.1 Å². The number of nitro benzene ring substituents is 1. The third kappa shape index (κ3) is 8.39. The van der Waals surface area contributed by atoms with Gasteiger partial charge in [-0.2, -0.15) is 10.2 Å². The second-order valence-electron chi connectivity index (χ2n) is 6.76. The maximum atomic E-state index is 10.6. The van der Waals surface area contributed by atoms with Crippen LogP contribution < -0.4 is 4.74 Å². The molecule has 7 nitrogen and oxygen atoms in total. The minimum atomic E-state index is -0.439. The van der Waals surface area contributed by atoms with Gasteiger partial charge in [0.15, 0.2) is 0 Å². The molecular formula is C22H30N4O3. The van der Waals surface area contributed by atoms with E-state index in [0.29, 0.717) is 11.4 Å². The molecule has 0 heterocycles. The number of unbranched alkanes of at least 4 members (excludes halogenated alkanes) is 3. The van der Waals surface area contributed by atoms with Gasteiger partial charge in [-0.25, -0.2) is 0 Å². The molecule has 0 saturated heterocycles. The summed E-state index contributed by atoms with van der Waals surface area (Å²) in [7, 11) is 0. The molecule has 0 aliphatic rings. The number of hydrogen-bond donors (Lipinski definition) is 0. The summed E-state index contributed by atoms with van der Waals surface area (Å²) in [6, 6.07) is 13.4. The summed E-state index contributed by atoms with van der Waals surface area (Å²) in [5, 5.41) is 18.9. The molecule has 0 fully saturated rings. The monoisotopic (exact) mass is 398 g/mol. The van der Waals surface area contributed by atoms with Crippen molar-refractivity contribution in [2.45, 2.75) is 39.5 Å². The molecule has 0 saturated carbocycles. The first-order valence-electron chi connectivity index (χ1n) is 10.2. The third-order valence-corrected chi connectivity index (χ3v) is 4.71. The summed E-state index contributed by atoms with van der Waals surface area (Å²) in [5.41, 5.74) is 1.30. The van der Waals surface area contributed by atoms with Crippen molar-refractivity contribution in [2.75, 3.05) is 26.2 Å². The summed E-state index contributed by atoms with van der Waals surface area (Å²) < 4.78 is 5.78. The number of rotatable bonds is 13. The van der Waals surface area contributed by atoms with Gasteiger partial charge in [0.1, 0.15) is 5.75 Å². The normalized spacial score (nSPS) is 11.3. The molecule has 0 amide bonds. The first-order chi connectivity index (χ1) is 14.1. The SMILES string of the molecule is CCN(CC)CCCCCCOc1ccc(N=Nc2ccc([N+](=O)[O-])cc2)cc1. The highest BCUT2D eigenvalue weighted by atomic mass is 16.6. The van der Waals surface area contributed by atoms with E-state index in [-0.39, 0.29) is 5.69 Å². The van der Waals surface area contributed by atoms with E-state index in [1.807, 2.05) is 24.3 Å². The van der Waals surface area contributed by atoms with Crippen LogP contribution in [0.3, 0.4) is 0 Å². The molecule has 2 aromatic carbocycles. The molecule has 7 heteroatoms. The maximum absolute atomic E-state index is 10.6. The van der Waals surface area contributed by atoms with Crippen molar-refractivity contribution in [1.29, 1.82) is 0 Å². The van der Waals surface area contributed by atoms with Crippen LogP contribution in [0.2, 0.25) is 0 Å². The van der Waals surface area contributed by atoms with Crippen LogP contribution in [0.5, 0.6) is 5.75 Å². The van der Waals surface area contributed by atoms with E-state index in [2.05, 4.69) is 29.0 Å². The molecule has 29 heavy (non-hydrogen) atoms. The van der Waals surface area contributed by atoms with Crippen molar-refractivity contribution in [3.63, 3.8) is 0 Å². The molecule has 2 rings (SSSR count). The molecule has 0 aliphatic carbocycles. The standard InChI is InChI=1S/C22H30N4O3/c1-3-25(4-2)17-7-5-6-8-18-29-22-15-11-20(12-16-22)24-23-19-9-13-21(14-10-19)26(27)28/h9-16H,3-8,17-18H2,1-2H3. The minimum absolute atomic E-state index is 0.0364. The zero-order chi connectivity index (χ0) is 20.9. The lowest BCUT2D eigenvalue weighted by atomic mass is 10.2. The van der Waals surface area contributed by atoms with E-state index in [4.69, 9.17) is 4.74 Å². The second kappa shape index (κ2) is 12.6. The van der Waals surface area contributed by atoms with Gasteiger partial charge >= 0.3 is 0 Å². The van der Waals surface area contributed by atoms with E-state index in [1.54, 1.807) is 12.1 Å². The lowest BCUT2D eigenvalue weighted by Crippen LogP contribution is -2.23. The Morgan fingerprint density at radius 3 is 1.97 bits per heavy atom. The lowest BCUT2D eigenvalue weighted by molar-refractivity contribution is -0.384. The first-order valence-corrected chi connectivity index (χ1v) is 10.2. The molecule has 2 aromatic rings. The quantitative estimate of drug-likeness (QED) is 0.172. The van der Waals surface area contributed by atoms with Gasteiger partial charge in [-0.1, -0.05) is 26.7 Å². The van der Waals surface area contributed by atoms with Gasteiger partial charge in [0, 0.05) is 12.1 Å². The Bertz CT molecular complexity index is 757. The molecule has 0 radical (unpaired) electrons. The van der Waals surface area contributed by atoms with Gasteiger partial charge in [0.25, 0.3) is 5.69 Å². The number of non-ortho nitro benzene ring substituents is 1. The van der Waals surface area contributed by atoms with Crippen molar-refractivity contribution < 1.29 is 9.66 Å². The number of benzene rings is 2. The van der Waals surface area contributed by atoms with Gasteiger partial charge in [0.2, 0.25) is 0 Å². The molecule has 0 bridgehead atoms. The van der Waals surface area contributed by atoms with E-state index >= 15 is 0 Å². The van der Waals surface area contributed by atoms with Crippen LogP contribution in [0.1, 0.15) is 39.5 Å². The lowest BCUT2D eigenvalue weighted by Gasteiger charge is -2.17. The van der Waals surface area contributed by atoms with Crippen LogP contribution in [-0.2, 0) is 0 Å². The number of nitro groups is 1. The molecule has 0 aliphatic heterocycles. The smallest absolute Gasteiger partial charge is 0.269 e. The Kier molecular flexibility index (Phi) is 9.78. The number of hydrogen-bond acceptors (Lipinski definition) is 6. The van der Waals surface area contributed by atoms with E-state index < -0.39 is 4.92 Å². The Morgan fingerprint density at radius 2 is 1.41 bits per heavy atom. The predicted molar refractivity (Wildman–Crippen MR) is 115 cm³/mol. The molecule has 0 N–H and O–H groups in total. The maximum Gasteiger partial charge on any atom is 0.269 e. The highest BCUT2D eigenvalue weighted by molar-refractivity contribution is 5.45. The molecule has 0 atom stereocenters. The van der Waals surface area contributed by atoms with Crippen LogP contribution in [0.15, 0.2) is 58.8 Å². The molecule has 0 aromatic heterocycles. The topological polar surface area (TPSA) is 80.3 Å². The van der Waals surface area contributed by atoms with E-state index in [9.17, 15) is 10.1 Å². The Morgan fingerprint density at radius 1 is 0.862 bits per heavy atom. The fourth-order valence-electron chi connectivity index (χ4n) is 2.89. The summed E-state index contributed by atoms with van der Waals surface area (Å²) in [5.74, 6) is 0.822. The molecular weight excluding hydrogens is 368 g/mol. The van der Waals surface area contributed by atoms with Crippen molar-refractivity contribution >= 4 is 17.1 Å². The fourth-order valence-corrected chi connectivity index (χ4v) is 2.89. The Labute approximate surface area is 172 Å². The number of ether oxygens (including phenoxy) is 1. The second-order valence-corrected chi connectivity index (χ2v) is 6.76. The predicted octanol–water partition coefficient (Wildman–Crippen LogP) is 6.29. The van der Waals surface area contributed by atoms with Gasteiger partial charge < -0.3 is 9.64 Å². The molecule has 0 unspecified atom stereocenters. The van der Waals surface area contributed by atoms with Crippen LogP contribution in [0.25, 0.3) is 0 Å². The van der Waals surface area contributed by atoms with Crippen LogP contribution in [0, 0.1) is 10.1 Å². The Hall–Kier alpha value is -2.80. The largest absolute Gasteiger partial charge is 0.494 e. The number of azo groups is 1. The van der Waals surface area contributed by atoms with Gasteiger partial charge in [0.05, 0.1) is 22.9 Å². The van der Waals surface area contributed by atoms with Gasteiger partial charge in [-0.3, -0.25) is 10.1 Å². The summed E-state index contributed by atoms with van der Waals surface area (Å²) in [6.45, 7) is 8.57. The van der Waals surface area contributed by atoms with Crippen LogP contribution in [0.4, 0.5) is 17.1 Å². The molecule has 0 spiro atoms. The highest BCUT2D eigenvalue weighted by Gasteiger charge is 2.03. The average Bonchev–Trinajstić information content (AvgIpc) is 2.75. The van der Waals surface area contributed by atoms with Crippen molar-refractivity contribution in [3.8, 4) is 5.75 Å². The minimum Gasteiger partial charge on any atom is -0.494 e. The summed E-state index contributed by atoms with van der Waals surface area (Å²) in [6.07, 6.45) is 4.72. The van der Waals surface area contributed by atoms with Crippen molar-refractivity contribution in [1.82, 2.24) is 4.90 Å². The van der Waals surface area contributed by atoms with Gasteiger partial charge in [-0.05, 0) is 68.9 Å². The van der Waals surface area contributed by atoms with Gasteiger partial charge in [-0.15, -0.1) is 0 Å². The zero-order valence-corrected chi connectivity index (χ0v) is 17.3.